The molecule has 1 heterocycles. The van der Waals surface area contributed by atoms with Crippen molar-refractivity contribution >= 4 is 33.0 Å². The smallest absolute Gasteiger partial charge is 0.177 e. The van der Waals surface area contributed by atoms with Gasteiger partial charge in [0.15, 0.2) is 5.78 Å². The molecule has 0 aliphatic heterocycles. The summed E-state index contributed by atoms with van der Waals surface area (Å²) in [6, 6.07) is 6.89. The molecule has 0 saturated carbocycles. The highest BCUT2D eigenvalue weighted by atomic mass is 79.9. The summed E-state index contributed by atoms with van der Waals surface area (Å²) in [7, 11) is 0. The first-order valence-corrected chi connectivity index (χ1v) is 8.83. The van der Waals surface area contributed by atoms with Crippen LogP contribution in [0.2, 0.25) is 0 Å². The van der Waals surface area contributed by atoms with Crippen LogP contribution in [-0.2, 0) is 19.3 Å². The highest BCUT2D eigenvalue weighted by Gasteiger charge is 2.17. The molecule has 0 spiro atoms. The van der Waals surface area contributed by atoms with Crippen LogP contribution in [0, 0.1) is 5.82 Å². The predicted octanol–water partition coefficient (Wildman–Crippen LogP) is 5.34. The Morgan fingerprint density at radius 1 is 1.19 bits per heavy atom. The van der Waals surface area contributed by atoms with Gasteiger partial charge in [0.1, 0.15) is 5.82 Å². The van der Waals surface area contributed by atoms with Crippen LogP contribution in [0.1, 0.15) is 44.9 Å². The van der Waals surface area contributed by atoms with Gasteiger partial charge in [-0.1, -0.05) is 28.4 Å². The highest BCUT2D eigenvalue weighted by molar-refractivity contribution is 9.10. The van der Waals surface area contributed by atoms with E-state index in [0.29, 0.717) is 10.0 Å². The average Bonchev–Trinajstić information content (AvgIpc) is 2.73. The van der Waals surface area contributed by atoms with Gasteiger partial charge >= 0.3 is 0 Å². The Kier molecular flexibility index (Phi) is 4.55. The fourth-order valence-electron chi connectivity index (χ4n) is 2.73. The Bertz CT molecular complexity index is 654. The molecule has 110 valence electrons. The van der Waals surface area contributed by atoms with Crippen molar-refractivity contribution in [2.75, 3.05) is 0 Å². The lowest BCUT2D eigenvalue weighted by molar-refractivity contribution is 0.0995. The van der Waals surface area contributed by atoms with Gasteiger partial charge in [0.2, 0.25) is 0 Å². The van der Waals surface area contributed by atoms with E-state index >= 15 is 0 Å². The zero-order valence-corrected chi connectivity index (χ0v) is 14.0. The zero-order chi connectivity index (χ0) is 14.8. The molecule has 21 heavy (non-hydrogen) atoms. The summed E-state index contributed by atoms with van der Waals surface area (Å²) in [5.41, 5.74) is 1.80. The summed E-state index contributed by atoms with van der Waals surface area (Å²) < 4.78 is 14.5. The first-order chi connectivity index (χ1) is 10.1. The summed E-state index contributed by atoms with van der Waals surface area (Å²) in [6.45, 7) is 0. The van der Waals surface area contributed by atoms with Crippen molar-refractivity contribution in [3.63, 3.8) is 0 Å². The van der Waals surface area contributed by atoms with E-state index in [9.17, 15) is 9.18 Å². The van der Waals surface area contributed by atoms with Crippen LogP contribution in [0.5, 0.6) is 0 Å². The second-order valence-electron chi connectivity index (χ2n) is 5.46. The van der Waals surface area contributed by atoms with E-state index in [1.54, 1.807) is 23.5 Å². The quantitative estimate of drug-likeness (QED) is 0.528. The number of hydrogen-bond acceptors (Lipinski definition) is 2. The molecular weight excluding hydrogens is 351 g/mol. The molecule has 1 nitrogen and oxygen atoms in total. The third kappa shape index (κ3) is 3.43. The van der Waals surface area contributed by atoms with Gasteiger partial charge in [0, 0.05) is 15.8 Å². The van der Waals surface area contributed by atoms with Crippen molar-refractivity contribution in [1.29, 1.82) is 0 Å². The molecular formula is C17H16BrFOS. The number of aryl methyl sites for hydroxylation is 2. The molecule has 1 aliphatic carbocycles. The fraction of sp³-hybridized carbons (Fsp3) is 0.353. The summed E-state index contributed by atoms with van der Waals surface area (Å²) >= 11 is 4.83. The van der Waals surface area contributed by atoms with Crippen LogP contribution in [0.4, 0.5) is 4.39 Å². The summed E-state index contributed by atoms with van der Waals surface area (Å²) in [5.74, 6) is -0.301. The second-order valence-corrected chi connectivity index (χ2v) is 7.51. The maximum absolute atomic E-state index is 13.8. The number of ketones is 1. The monoisotopic (exact) mass is 366 g/mol. The van der Waals surface area contributed by atoms with E-state index in [0.717, 1.165) is 17.7 Å². The van der Waals surface area contributed by atoms with Gasteiger partial charge < -0.3 is 0 Å². The number of halogens is 2. The zero-order valence-electron chi connectivity index (χ0n) is 11.6. The van der Waals surface area contributed by atoms with E-state index in [2.05, 4.69) is 15.9 Å². The van der Waals surface area contributed by atoms with Crippen molar-refractivity contribution in [2.24, 2.45) is 0 Å². The van der Waals surface area contributed by atoms with Gasteiger partial charge in [0.05, 0.1) is 4.88 Å². The summed E-state index contributed by atoms with van der Waals surface area (Å²) in [5, 5.41) is 0. The molecule has 2 aromatic rings. The number of hydrogen-bond donors (Lipinski definition) is 0. The molecule has 0 amide bonds. The molecule has 3 rings (SSSR count). The van der Waals surface area contributed by atoms with Gasteiger partial charge in [-0.3, -0.25) is 4.79 Å². The molecule has 4 heteroatoms. The molecule has 0 N–H and O–H groups in total. The standard InChI is InChI=1S/C17H16BrFOS/c18-13-7-6-11(14(19)10-13)8-15(20)17-9-12-4-2-1-3-5-16(12)21-17/h6-7,9-10H,1-5,8H2. The number of Topliss-reactive ketones (excluding diaryl/α,β-unsaturated/α-hetero) is 1. The van der Waals surface area contributed by atoms with Crippen molar-refractivity contribution in [3.8, 4) is 0 Å². The third-order valence-electron chi connectivity index (χ3n) is 3.89. The number of rotatable bonds is 3. The maximum Gasteiger partial charge on any atom is 0.177 e. The first kappa shape index (κ1) is 14.9. The summed E-state index contributed by atoms with van der Waals surface area (Å²) in [4.78, 5) is 14.5. The van der Waals surface area contributed by atoms with E-state index in [-0.39, 0.29) is 18.0 Å². The van der Waals surface area contributed by atoms with E-state index in [1.165, 1.54) is 35.8 Å². The van der Waals surface area contributed by atoms with Gasteiger partial charge in [-0.25, -0.2) is 4.39 Å². The largest absolute Gasteiger partial charge is 0.293 e. The minimum Gasteiger partial charge on any atom is -0.293 e. The van der Waals surface area contributed by atoms with Crippen molar-refractivity contribution < 1.29 is 9.18 Å². The molecule has 1 aliphatic rings. The number of carbonyl (C=O) groups is 1. The van der Waals surface area contributed by atoms with E-state index < -0.39 is 0 Å². The SMILES string of the molecule is O=C(Cc1ccc(Br)cc1F)c1cc2c(s1)CCCCC2. The molecule has 0 fully saturated rings. The molecule has 0 unspecified atom stereocenters. The van der Waals surface area contributed by atoms with Gasteiger partial charge in [-0.2, -0.15) is 0 Å². The minimum atomic E-state index is -0.323. The number of benzene rings is 1. The summed E-state index contributed by atoms with van der Waals surface area (Å²) in [6.07, 6.45) is 5.99. The lowest BCUT2D eigenvalue weighted by Gasteiger charge is -2.02. The van der Waals surface area contributed by atoms with Crippen LogP contribution >= 0.6 is 27.3 Å². The Morgan fingerprint density at radius 2 is 2.00 bits per heavy atom. The minimum absolute atomic E-state index is 0.0225. The third-order valence-corrected chi connectivity index (χ3v) is 5.66. The number of carbonyl (C=O) groups excluding carboxylic acids is 1. The highest BCUT2D eigenvalue weighted by Crippen LogP contribution is 2.30. The van der Waals surface area contributed by atoms with Crippen LogP contribution in [-0.4, -0.2) is 5.78 Å². The normalized spacial score (nSPS) is 14.6. The Hall–Kier alpha value is -1.00. The average molecular weight is 367 g/mol. The van der Waals surface area contributed by atoms with Gasteiger partial charge in [0.25, 0.3) is 0 Å². The molecule has 0 atom stereocenters. The van der Waals surface area contributed by atoms with Gasteiger partial charge in [-0.15, -0.1) is 11.3 Å². The van der Waals surface area contributed by atoms with Crippen molar-refractivity contribution in [3.05, 3.63) is 55.4 Å². The van der Waals surface area contributed by atoms with E-state index in [1.807, 2.05) is 6.07 Å². The Morgan fingerprint density at radius 3 is 2.81 bits per heavy atom. The fourth-order valence-corrected chi connectivity index (χ4v) is 4.25. The Balaban J connectivity index is 1.79. The lowest BCUT2D eigenvalue weighted by atomic mass is 10.1. The van der Waals surface area contributed by atoms with Crippen LogP contribution in [0.25, 0.3) is 0 Å². The number of fused-ring (bicyclic) bond motifs is 1. The molecule has 0 radical (unpaired) electrons. The van der Waals surface area contributed by atoms with Crippen LogP contribution in [0.15, 0.2) is 28.7 Å². The molecule has 1 aromatic heterocycles. The molecule has 1 aromatic carbocycles. The first-order valence-electron chi connectivity index (χ1n) is 7.22. The number of thiophene rings is 1. The van der Waals surface area contributed by atoms with Crippen LogP contribution < -0.4 is 0 Å². The lowest BCUT2D eigenvalue weighted by Crippen LogP contribution is -2.03. The molecule has 0 saturated heterocycles. The van der Waals surface area contributed by atoms with Crippen molar-refractivity contribution in [2.45, 2.75) is 38.5 Å². The van der Waals surface area contributed by atoms with Gasteiger partial charge in [-0.05, 0) is 55.0 Å². The second kappa shape index (κ2) is 6.41. The predicted molar refractivity (Wildman–Crippen MR) is 87.7 cm³/mol. The Labute approximate surface area is 136 Å². The van der Waals surface area contributed by atoms with Crippen molar-refractivity contribution in [1.82, 2.24) is 0 Å². The van der Waals surface area contributed by atoms with E-state index in [4.69, 9.17) is 0 Å². The molecule has 0 bridgehead atoms. The maximum atomic E-state index is 13.8. The topological polar surface area (TPSA) is 17.1 Å². The van der Waals surface area contributed by atoms with Crippen LogP contribution in [0.3, 0.4) is 0 Å².